The van der Waals surface area contributed by atoms with Gasteiger partial charge >= 0.3 is 0 Å². The highest BCUT2D eigenvalue weighted by molar-refractivity contribution is 5.83. The Labute approximate surface area is 107 Å². The zero-order valence-electron chi connectivity index (χ0n) is 10.7. The summed E-state index contributed by atoms with van der Waals surface area (Å²) in [5.41, 5.74) is 0. The molecule has 2 heterocycles. The van der Waals surface area contributed by atoms with Gasteiger partial charge in [-0.1, -0.05) is 0 Å². The summed E-state index contributed by atoms with van der Waals surface area (Å²) >= 11 is 0. The van der Waals surface area contributed by atoms with Gasteiger partial charge in [-0.05, 0) is 38.8 Å². The number of amides is 2. The number of hydrogen-bond acceptors (Lipinski definition) is 3. The van der Waals surface area contributed by atoms with E-state index in [0.29, 0.717) is 12.5 Å². The van der Waals surface area contributed by atoms with Crippen LogP contribution in [-0.2, 0) is 9.59 Å². The molecule has 1 unspecified atom stereocenters. The van der Waals surface area contributed by atoms with Crippen LogP contribution in [0, 0.1) is 5.92 Å². The molecule has 3 fully saturated rings. The molecule has 0 aromatic carbocycles. The van der Waals surface area contributed by atoms with Crippen molar-refractivity contribution in [2.75, 3.05) is 19.6 Å². The number of piperidine rings is 1. The fourth-order valence-corrected chi connectivity index (χ4v) is 2.97. The molecule has 0 aromatic heterocycles. The number of nitrogens with one attached hydrogen (secondary N) is 2. The van der Waals surface area contributed by atoms with Gasteiger partial charge in [0, 0.05) is 24.9 Å². The number of carbonyl (C=O) groups excluding carboxylic acids is 2. The van der Waals surface area contributed by atoms with Crippen molar-refractivity contribution in [3.8, 4) is 0 Å². The smallest absolute Gasteiger partial charge is 0.225 e. The lowest BCUT2D eigenvalue weighted by atomic mass is 9.97. The van der Waals surface area contributed by atoms with E-state index in [0.717, 1.165) is 45.3 Å². The van der Waals surface area contributed by atoms with Crippen LogP contribution in [0.25, 0.3) is 0 Å². The number of likely N-dealkylation sites (tertiary alicyclic amines) is 1. The molecule has 2 aliphatic heterocycles. The Balaban J connectivity index is 1.50. The van der Waals surface area contributed by atoms with E-state index in [1.165, 1.54) is 0 Å². The van der Waals surface area contributed by atoms with E-state index in [1.54, 1.807) is 0 Å². The van der Waals surface area contributed by atoms with Gasteiger partial charge in [0.2, 0.25) is 11.8 Å². The van der Waals surface area contributed by atoms with Crippen molar-refractivity contribution in [1.29, 1.82) is 0 Å². The Kier molecular flexibility index (Phi) is 3.24. The van der Waals surface area contributed by atoms with Crippen LogP contribution in [0.2, 0.25) is 0 Å². The molecule has 0 bridgehead atoms. The van der Waals surface area contributed by atoms with Gasteiger partial charge in [0.25, 0.3) is 0 Å². The second-order valence-electron chi connectivity index (χ2n) is 5.71. The molecule has 3 rings (SSSR count). The Morgan fingerprint density at radius 1 is 1.22 bits per heavy atom. The highest BCUT2D eigenvalue weighted by atomic mass is 16.2. The summed E-state index contributed by atoms with van der Waals surface area (Å²) in [7, 11) is 0. The summed E-state index contributed by atoms with van der Waals surface area (Å²) in [6.45, 7) is 2.58. The van der Waals surface area contributed by atoms with Crippen LogP contribution in [0.5, 0.6) is 0 Å². The highest BCUT2D eigenvalue weighted by Crippen LogP contribution is 2.30. The largest absolute Gasteiger partial charge is 0.351 e. The van der Waals surface area contributed by atoms with E-state index in [4.69, 9.17) is 0 Å². The predicted octanol–water partition coefficient (Wildman–Crippen LogP) is -0.134. The maximum atomic E-state index is 12.1. The molecule has 2 saturated heterocycles. The van der Waals surface area contributed by atoms with E-state index in [-0.39, 0.29) is 23.8 Å². The van der Waals surface area contributed by atoms with Crippen molar-refractivity contribution < 1.29 is 9.59 Å². The third-order valence-corrected chi connectivity index (χ3v) is 4.20. The molecule has 3 aliphatic rings. The van der Waals surface area contributed by atoms with Gasteiger partial charge in [0.05, 0.1) is 6.04 Å². The van der Waals surface area contributed by atoms with Crippen LogP contribution in [0.15, 0.2) is 0 Å². The topological polar surface area (TPSA) is 61.4 Å². The third-order valence-electron chi connectivity index (χ3n) is 4.20. The van der Waals surface area contributed by atoms with E-state index < -0.39 is 0 Å². The van der Waals surface area contributed by atoms with Gasteiger partial charge in [-0.3, -0.25) is 9.59 Å². The average molecular weight is 251 g/mol. The fraction of sp³-hybridized carbons (Fsp3) is 0.846. The van der Waals surface area contributed by atoms with Crippen molar-refractivity contribution in [3.05, 3.63) is 0 Å². The number of carbonyl (C=O) groups is 2. The van der Waals surface area contributed by atoms with Gasteiger partial charge in [-0.2, -0.15) is 0 Å². The Morgan fingerprint density at radius 3 is 2.61 bits per heavy atom. The van der Waals surface area contributed by atoms with Gasteiger partial charge in [-0.15, -0.1) is 0 Å². The zero-order valence-corrected chi connectivity index (χ0v) is 10.7. The maximum absolute atomic E-state index is 12.1. The second-order valence-corrected chi connectivity index (χ2v) is 5.71. The van der Waals surface area contributed by atoms with Crippen molar-refractivity contribution in [3.63, 3.8) is 0 Å². The molecule has 0 spiro atoms. The standard InChI is InChI=1S/C13H21N3O2/c17-12-7-10(8-16(12)11-1-2-11)15-13(18)9-3-5-14-6-4-9/h9-11,14H,1-8H2,(H,15,18). The quantitative estimate of drug-likeness (QED) is 0.734. The van der Waals surface area contributed by atoms with Crippen molar-refractivity contribution in [1.82, 2.24) is 15.5 Å². The number of hydrogen-bond donors (Lipinski definition) is 2. The SMILES string of the molecule is O=C(NC1CC(=O)N(C2CC2)C1)C1CCNCC1. The van der Waals surface area contributed by atoms with Gasteiger partial charge < -0.3 is 15.5 Å². The molecule has 0 aromatic rings. The first kappa shape index (κ1) is 12.0. The zero-order chi connectivity index (χ0) is 12.5. The van der Waals surface area contributed by atoms with Gasteiger partial charge in [0.15, 0.2) is 0 Å². The Bertz CT molecular complexity index is 348. The summed E-state index contributed by atoms with van der Waals surface area (Å²) in [5.74, 6) is 0.497. The van der Waals surface area contributed by atoms with Crippen molar-refractivity contribution in [2.24, 2.45) is 5.92 Å². The lowest BCUT2D eigenvalue weighted by molar-refractivity contribution is -0.128. The molecule has 18 heavy (non-hydrogen) atoms. The third kappa shape index (κ3) is 2.51. The lowest BCUT2D eigenvalue weighted by Gasteiger charge is -2.23. The first-order chi connectivity index (χ1) is 8.74. The number of rotatable bonds is 3. The van der Waals surface area contributed by atoms with Gasteiger partial charge in [-0.25, -0.2) is 0 Å². The van der Waals surface area contributed by atoms with E-state index in [9.17, 15) is 9.59 Å². The van der Waals surface area contributed by atoms with Crippen molar-refractivity contribution >= 4 is 11.8 Å². The van der Waals surface area contributed by atoms with Gasteiger partial charge in [0.1, 0.15) is 0 Å². The van der Waals surface area contributed by atoms with Crippen LogP contribution in [0.3, 0.4) is 0 Å². The van der Waals surface area contributed by atoms with Crippen molar-refractivity contribution in [2.45, 2.75) is 44.2 Å². The molecule has 100 valence electrons. The summed E-state index contributed by atoms with van der Waals surface area (Å²) in [6, 6.07) is 0.513. The molecule has 2 N–H and O–H groups in total. The molecule has 1 saturated carbocycles. The van der Waals surface area contributed by atoms with E-state index in [2.05, 4.69) is 10.6 Å². The monoisotopic (exact) mass is 251 g/mol. The van der Waals surface area contributed by atoms with E-state index >= 15 is 0 Å². The predicted molar refractivity (Wildman–Crippen MR) is 66.9 cm³/mol. The minimum absolute atomic E-state index is 0.0421. The molecule has 2 amide bonds. The van der Waals surface area contributed by atoms with Crippen LogP contribution in [-0.4, -0.2) is 48.4 Å². The Hall–Kier alpha value is -1.10. The molecule has 5 nitrogen and oxygen atoms in total. The average Bonchev–Trinajstić information content (AvgIpc) is 3.15. The Morgan fingerprint density at radius 2 is 1.94 bits per heavy atom. The normalized spacial score (nSPS) is 29.7. The van der Waals surface area contributed by atoms with Crippen LogP contribution < -0.4 is 10.6 Å². The lowest BCUT2D eigenvalue weighted by Crippen LogP contribution is -2.43. The molecule has 5 heteroatoms. The molecule has 1 atom stereocenters. The maximum Gasteiger partial charge on any atom is 0.225 e. The molecule has 0 radical (unpaired) electrons. The van der Waals surface area contributed by atoms with Crippen LogP contribution >= 0.6 is 0 Å². The molecular formula is C13H21N3O2. The van der Waals surface area contributed by atoms with Crippen LogP contribution in [0.4, 0.5) is 0 Å². The molecule has 1 aliphatic carbocycles. The first-order valence-corrected chi connectivity index (χ1v) is 7.04. The summed E-state index contributed by atoms with van der Waals surface area (Å²) in [4.78, 5) is 25.8. The van der Waals surface area contributed by atoms with Crippen LogP contribution in [0.1, 0.15) is 32.1 Å². The van der Waals surface area contributed by atoms with E-state index in [1.807, 2.05) is 4.90 Å². The summed E-state index contributed by atoms with van der Waals surface area (Å²) < 4.78 is 0. The first-order valence-electron chi connectivity index (χ1n) is 7.04. The number of nitrogens with zero attached hydrogens (tertiary/aromatic N) is 1. The highest BCUT2D eigenvalue weighted by Gasteiger charge is 2.40. The summed E-state index contributed by atoms with van der Waals surface area (Å²) in [5, 5.41) is 6.32. The fourth-order valence-electron chi connectivity index (χ4n) is 2.97. The molecular weight excluding hydrogens is 230 g/mol. The second kappa shape index (κ2) is 4.88. The minimum Gasteiger partial charge on any atom is -0.351 e. The summed E-state index contributed by atoms with van der Waals surface area (Å²) in [6.07, 6.45) is 4.60. The minimum atomic E-state index is 0.0421.